The lowest BCUT2D eigenvalue weighted by Crippen LogP contribution is -2.50. The lowest BCUT2D eigenvalue weighted by Gasteiger charge is -2.45. The number of rotatable bonds is 15. The first-order valence-electron chi connectivity index (χ1n) is 27.5. The van der Waals surface area contributed by atoms with Gasteiger partial charge in [-0.15, -0.1) is 0 Å². The zero-order chi connectivity index (χ0) is 55.4. The number of aryl methyl sites for hydroxylation is 1. The number of imide groups is 1. The number of carbonyl (C=O) groups excluding carboxylic acids is 4. The Morgan fingerprint density at radius 1 is 0.897 bits per heavy atom. The summed E-state index contributed by atoms with van der Waals surface area (Å²) in [4.78, 5) is 57.0. The van der Waals surface area contributed by atoms with Crippen molar-refractivity contribution in [1.82, 2.24) is 30.2 Å². The van der Waals surface area contributed by atoms with Gasteiger partial charge in [-0.3, -0.25) is 29.3 Å². The molecule has 0 spiro atoms. The number of nitrogens with zero attached hydrogens (tertiary/aromatic N) is 5. The van der Waals surface area contributed by atoms with Crippen molar-refractivity contribution in [3.63, 3.8) is 0 Å². The van der Waals surface area contributed by atoms with E-state index in [0.717, 1.165) is 50.6 Å². The highest BCUT2D eigenvalue weighted by atomic mass is 19.1. The number of piperidine rings is 2. The number of hydrogen-bond donors (Lipinski definition) is 4. The third kappa shape index (κ3) is 10.1. The fourth-order valence-electron chi connectivity index (χ4n) is 13.5. The molecular formula is C59H70F4N8O7. The average molecular weight is 1080 g/mol. The van der Waals surface area contributed by atoms with Gasteiger partial charge in [-0.1, -0.05) is 51.1 Å². The van der Waals surface area contributed by atoms with Crippen molar-refractivity contribution in [2.24, 2.45) is 30.0 Å². The summed E-state index contributed by atoms with van der Waals surface area (Å²) in [5, 5.41) is 20.0. The summed E-state index contributed by atoms with van der Waals surface area (Å²) >= 11 is 0. The molecule has 416 valence electrons. The smallest absolute Gasteiger partial charge is 0.329 e. The zero-order valence-corrected chi connectivity index (χ0v) is 45.0. The second-order valence-electron chi connectivity index (χ2n) is 22.8. The molecule has 19 heteroatoms. The van der Waals surface area contributed by atoms with E-state index in [4.69, 9.17) is 15.2 Å². The van der Waals surface area contributed by atoms with Crippen LogP contribution in [-0.4, -0.2) is 114 Å². The van der Waals surface area contributed by atoms with Crippen LogP contribution < -0.4 is 30.7 Å². The van der Waals surface area contributed by atoms with Gasteiger partial charge in [0.2, 0.25) is 17.7 Å². The van der Waals surface area contributed by atoms with E-state index in [9.17, 15) is 24.3 Å². The fourth-order valence-corrected chi connectivity index (χ4v) is 13.5. The van der Waals surface area contributed by atoms with Gasteiger partial charge in [-0.2, -0.15) is 5.10 Å². The number of urea groups is 1. The van der Waals surface area contributed by atoms with Gasteiger partial charge in [0, 0.05) is 86.8 Å². The van der Waals surface area contributed by atoms with Crippen molar-refractivity contribution in [1.29, 1.82) is 0 Å². The highest BCUT2D eigenvalue weighted by molar-refractivity contribution is 6.09. The number of amides is 5. The Hall–Kier alpha value is -6.57. The molecule has 4 aromatic carbocycles. The summed E-state index contributed by atoms with van der Waals surface area (Å²) in [7, 11) is 1.57. The minimum absolute atomic E-state index is 0.0457. The summed E-state index contributed by atoms with van der Waals surface area (Å²) in [6.45, 7) is 11.5. The minimum atomic E-state index is -1.07. The van der Waals surface area contributed by atoms with Gasteiger partial charge >= 0.3 is 6.03 Å². The largest absolute Gasteiger partial charge is 0.488 e. The molecule has 0 bridgehead atoms. The summed E-state index contributed by atoms with van der Waals surface area (Å²) in [6, 6.07) is 14.2. The number of aliphatic hydroxyl groups is 1. The molecule has 3 saturated heterocycles. The molecule has 5 N–H and O–H groups in total. The second-order valence-corrected chi connectivity index (χ2v) is 22.8. The number of aliphatic hydroxyl groups excluding tert-OH is 1. The Morgan fingerprint density at radius 2 is 1.60 bits per heavy atom. The van der Waals surface area contributed by atoms with E-state index in [0.29, 0.717) is 57.0 Å². The molecule has 2 unspecified atom stereocenters. The molecule has 1 saturated carbocycles. The van der Waals surface area contributed by atoms with Crippen LogP contribution in [0.1, 0.15) is 123 Å². The van der Waals surface area contributed by atoms with E-state index in [1.165, 1.54) is 40.8 Å². The SMILES string of the molecule is Cc1c(F)cc2c(c1-c1c(C(N)=O)ccc(OCCO)c1F)C(C)C(CNC1CCC(C(=O)N3CCC(C(C)(C)CN4CCC(c5c(F)cc6c(N7CCC(=O)NC7=O)nn(C)c6c5F)CC4)CC3)CC1)(c1ccccc1)O2. The first-order valence-corrected chi connectivity index (χ1v) is 27.5. The number of anilines is 1. The van der Waals surface area contributed by atoms with Crippen LogP contribution >= 0.6 is 0 Å². The zero-order valence-electron chi connectivity index (χ0n) is 45.0. The van der Waals surface area contributed by atoms with Gasteiger partial charge in [0.05, 0.1) is 17.6 Å². The van der Waals surface area contributed by atoms with Crippen LogP contribution in [0.4, 0.5) is 28.2 Å². The molecule has 5 amide bonds. The van der Waals surface area contributed by atoms with Gasteiger partial charge in [0.1, 0.15) is 29.5 Å². The normalized spacial score (nSPS) is 22.7. The third-order valence-electron chi connectivity index (χ3n) is 17.8. The van der Waals surface area contributed by atoms with Crippen LogP contribution in [0, 0.1) is 47.4 Å². The van der Waals surface area contributed by atoms with E-state index in [1.807, 2.05) is 42.2 Å². The molecule has 10 rings (SSSR count). The second kappa shape index (κ2) is 21.9. The van der Waals surface area contributed by atoms with Crippen LogP contribution in [0.25, 0.3) is 22.0 Å². The average Bonchev–Trinajstić information content (AvgIpc) is 4.03. The number of hydrogen-bond acceptors (Lipinski definition) is 10. The summed E-state index contributed by atoms with van der Waals surface area (Å²) in [5.74, 6) is -4.39. The highest BCUT2D eigenvalue weighted by Crippen LogP contribution is 2.56. The molecule has 15 nitrogen and oxygen atoms in total. The van der Waals surface area contributed by atoms with Crippen molar-refractivity contribution < 1.29 is 51.3 Å². The van der Waals surface area contributed by atoms with Crippen LogP contribution in [0.2, 0.25) is 0 Å². The lowest BCUT2D eigenvalue weighted by molar-refractivity contribution is -0.138. The molecular weight excluding hydrogens is 1010 g/mol. The van der Waals surface area contributed by atoms with Crippen LogP contribution in [0.5, 0.6) is 11.5 Å². The summed E-state index contributed by atoms with van der Waals surface area (Å²) in [5.41, 5.74) is 6.15. The van der Waals surface area contributed by atoms with E-state index in [1.54, 1.807) is 7.05 Å². The standard InChI is InChI=1S/C59H70F4N8O7/c1-33-42(60)30-45-48(47(33)50-40(54(64)74)15-16-44(51(50)62)77-28-27-72)34(2)59(78-45,38-9-7-6-8-10-38)31-65-39-13-11-36(12-14-39)56(75)70-24-19-37(20-25-70)58(3,4)32-69-22-17-35(18-23-69)49-43(61)29-41-53(52(49)63)68(5)67-55(41)71-26-21-46(73)66-57(71)76/h6-10,15-16,29-30,34-37,39,65,72H,11-14,17-28,31-32H2,1-5H3,(H2,64,74)(H,66,73,76). The van der Waals surface area contributed by atoms with Gasteiger partial charge in [-0.05, 0) is 124 Å². The number of halogens is 4. The fraction of sp³-hybridized carbons (Fsp3) is 0.508. The predicted octanol–water partition coefficient (Wildman–Crippen LogP) is 8.71. The molecule has 4 fully saturated rings. The van der Waals surface area contributed by atoms with Gasteiger partial charge in [0.25, 0.3) is 0 Å². The number of ether oxygens (including phenoxy) is 2. The molecule has 4 aliphatic heterocycles. The van der Waals surface area contributed by atoms with E-state index < -0.39 is 52.6 Å². The molecule has 0 radical (unpaired) electrons. The maximum Gasteiger partial charge on any atom is 0.329 e. The maximum absolute atomic E-state index is 16.6. The van der Waals surface area contributed by atoms with Crippen molar-refractivity contribution in [3.05, 3.63) is 106 Å². The van der Waals surface area contributed by atoms with Crippen LogP contribution in [0.3, 0.4) is 0 Å². The van der Waals surface area contributed by atoms with Gasteiger partial charge in [-0.25, -0.2) is 22.4 Å². The molecule has 2 atom stereocenters. The van der Waals surface area contributed by atoms with Crippen molar-refractivity contribution in [2.45, 2.75) is 109 Å². The Morgan fingerprint density at radius 3 is 2.27 bits per heavy atom. The number of fused-ring (bicyclic) bond motifs is 2. The van der Waals surface area contributed by atoms with E-state index in [-0.39, 0.29) is 111 Å². The quantitative estimate of drug-likeness (QED) is 0.0740. The number of carbonyl (C=O) groups is 4. The number of nitrogens with two attached hydrogens (primary N) is 1. The number of nitrogens with one attached hydrogen (secondary N) is 2. The van der Waals surface area contributed by atoms with Gasteiger partial charge in [0.15, 0.2) is 28.8 Å². The molecule has 78 heavy (non-hydrogen) atoms. The van der Waals surface area contributed by atoms with E-state index in [2.05, 4.69) is 34.5 Å². The maximum atomic E-state index is 16.6. The molecule has 1 aliphatic carbocycles. The Balaban J connectivity index is 0.740. The Labute approximate surface area is 451 Å². The van der Waals surface area contributed by atoms with E-state index >= 15 is 17.6 Å². The lowest BCUT2D eigenvalue weighted by atomic mass is 9.72. The minimum Gasteiger partial charge on any atom is -0.488 e. The summed E-state index contributed by atoms with van der Waals surface area (Å²) < 4.78 is 78.6. The Bertz CT molecular complexity index is 3130. The summed E-state index contributed by atoms with van der Waals surface area (Å²) in [6.07, 6.45) is 5.96. The first kappa shape index (κ1) is 54.8. The Kier molecular flexibility index (Phi) is 15.4. The topological polar surface area (TPSA) is 185 Å². The third-order valence-corrected chi connectivity index (χ3v) is 17.8. The number of primary amides is 1. The highest BCUT2D eigenvalue weighted by Gasteiger charge is 2.50. The van der Waals surface area contributed by atoms with Crippen molar-refractivity contribution >= 4 is 40.5 Å². The van der Waals surface area contributed by atoms with Crippen molar-refractivity contribution in [2.75, 3.05) is 63.9 Å². The number of likely N-dealkylation sites (tertiary alicyclic amines) is 2. The number of benzene rings is 4. The predicted molar refractivity (Wildman–Crippen MR) is 286 cm³/mol. The van der Waals surface area contributed by atoms with Crippen LogP contribution in [0.15, 0.2) is 54.6 Å². The molecule has 5 aromatic rings. The van der Waals surface area contributed by atoms with Crippen LogP contribution in [-0.2, 0) is 22.2 Å². The first-order chi connectivity index (χ1) is 37.3. The van der Waals surface area contributed by atoms with Crippen molar-refractivity contribution in [3.8, 4) is 22.6 Å². The molecule has 1 aromatic heterocycles. The number of aromatic nitrogens is 2. The monoisotopic (exact) mass is 1080 g/mol. The molecule has 5 aliphatic rings. The van der Waals surface area contributed by atoms with Gasteiger partial charge < -0.3 is 35.4 Å². The molecule has 5 heterocycles.